The first-order valence-electron chi connectivity index (χ1n) is 18.4. The molecule has 0 aliphatic rings. The Morgan fingerprint density at radius 3 is 1.63 bits per heavy atom. The molecule has 0 saturated heterocycles. The Bertz CT molecular complexity index is 2920. The first-order chi connectivity index (χ1) is 26.7. The third kappa shape index (κ3) is 5.93. The van der Waals surface area contributed by atoms with E-state index in [2.05, 4.69) is 217 Å². The largest absolute Gasteiger partial charge is 0.310 e. The third-order valence-corrected chi connectivity index (χ3v) is 11.7. The van der Waals surface area contributed by atoms with Crippen molar-refractivity contribution in [3.63, 3.8) is 0 Å². The van der Waals surface area contributed by atoms with E-state index in [4.69, 9.17) is 0 Å². The van der Waals surface area contributed by atoms with Gasteiger partial charge in [-0.05, 0) is 110 Å². The fourth-order valence-electron chi connectivity index (χ4n) is 7.72. The smallest absolute Gasteiger partial charge is 0.0467 e. The van der Waals surface area contributed by atoms with Gasteiger partial charge in [0.1, 0.15) is 0 Å². The first kappa shape index (κ1) is 32.0. The van der Waals surface area contributed by atoms with E-state index >= 15 is 0 Å². The molecular formula is C52H35NS. The predicted octanol–water partition coefficient (Wildman–Crippen LogP) is 15.3. The summed E-state index contributed by atoms with van der Waals surface area (Å²) in [5.41, 5.74) is 13.0. The number of hydrogen-bond acceptors (Lipinski definition) is 2. The molecule has 0 aliphatic carbocycles. The molecule has 54 heavy (non-hydrogen) atoms. The van der Waals surface area contributed by atoms with Gasteiger partial charge in [0, 0.05) is 37.2 Å². The predicted molar refractivity (Wildman–Crippen MR) is 233 cm³/mol. The van der Waals surface area contributed by atoms with Crippen molar-refractivity contribution in [3.8, 4) is 44.5 Å². The molecule has 0 spiro atoms. The van der Waals surface area contributed by atoms with Gasteiger partial charge in [-0.25, -0.2) is 0 Å². The molecule has 0 radical (unpaired) electrons. The molecule has 0 N–H and O–H groups in total. The molecule has 0 aliphatic heterocycles. The second kappa shape index (κ2) is 13.7. The van der Waals surface area contributed by atoms with Crippen LogP contribution in [0.25, 0.3) is 75.5 Å². The van der Waals surface area contributed by atoms with Crippen LogP contribution in [0.1, 0.15) is 0 Å². The highest BCUT2D eigenvalue weighted by Gasteiger charge is 2.16. The summed E-state index contributed by atoms with van der Waals surface area (Å²) in [6, 6.07) is 77.1. The average Bonchev–Trinajstić information content (AvgIpc) is 3.64. The van der Waals surface area contributed by atoms with Crippen molar-refractivity contribution in [2.24, 2.45) is 0 Å². The van der Waals surface area contributed by atoms with E-state index < -0.39 is 0 Å². The maximum absolute atomic E-state index is 2.37. The minimum atomic E-state index is 1.11. The standard InChI is InChI=1S/C52H35NS/c1-2-11-36(12-3-1)41-15-8-16-42(33-41)43-17-9-18-47(35-43)53(45-29-25-38(26-30-45)44-24-23-37-13-4-5-14-40(37)34-44)46-31-27-39(28-32-46)48-20-10-21-50-49-19-6-7-22-51(49)54-52(48)50/h1-35H. The molecule has 254 valence electrons. The maximum atomic E-state index is 2.37. The van der Waals surface area contributed by atoms with Crippen molar-refractivity contribution in [2.75, 3.05) is 4.90 Å². The van der Waals surface area contributed by atoms with Crippen molar-refractivity contribution >= 4 is 59.3 Å². The number of thiophene rings is 1. The molecule has 10 aromatic rings. The lowest BCUT2D eigenvalue weighted by Gasteiger charge is -2.26. The van der Waals surface area contributed by atoms with Crippen LogP contribution < -0.4 is 4.90 Å². The van der Waals surface area contributed by atoms with Crippen LogP contribution in [0.5, 0.6) is 0 Å². The highest BCUT2D eigenvalue weighted by atomic mass is 32.1. The van der Waals surface area contributed by atoms with Crippen LogP contribution in [0.3, 0.4) is 0 Å². The average molecular weight is 706 g/mol. The van der Waals surface area contributed by atoms with Crippen LogP contribution in [0.2, 0.25) is 0 Å². The van der Waals surface area contributed by atoms with E-state index in [1.165, 1.54) is 75.5 Å². The van der Waals surface area contributed by atoms with Crippen molar-refractivity contribution in [1.29, 1.82) is 0 Å². The second-order valence-electron chi connectivity index (χ2n) is 13.8. The molecule has 9 aromatic carbocycles. The van der Waals surface area contributed by atoms with Gasteiger partial charge in [-0.2, -0.15) is 0 Å². The van der Waals surface area contributed by atoms with Crippen LogP contribution in [0, 0.1) is 0 Å². The highest BCUT2D eigenvalue weighted by molar-refractivity contribution is 7.26. The molecule has 0 saturated carbocycles. The van der Waals surface area contributed by atoms with E-state index in [1.54, 1.807) is 0 Å². The second-order valence-corrected chi connectivity index (χ2v) is 14.8. The Hall–Kier alpha value is -6.74. The van der Waals surface area contributed by atoms with Crippen molar-refractivity contribution in [3.05, 3.63) is 212 Å². The van der Waals surface area contributed by atoms with E-state index in [-0.39, 0.29) is 0 Å². The van der Waals surface area contributed by atoms with Crippen LogP contribution >= 0.6 is 11.3 Å². The Kier molecular flexibility index (Phi) is 8.09. The molecule has 0 bridgehead atoms. The van der Waals surface area contributed by atoms with Gasteiger partial charge in [0.15, 0.2) is 0 Å². The van der Waals surface area contributed by atoms with Gasteiger partial charge < -0.3 is 4.90 Å². The van der Waals surface area contributed by atoms with Crippen LogP contribution in [-0.4, -0.2) is 0 Å². The van der Waals surface area contributed by atoms with Gasteiger partial charge in [0.05, 0.1) is 0 Å². The zero-order chi connectivity index (χ0) is 35.8. The summed E-state index contributed by atoms with van der Waals surface area (Å²) in [6.07, 6.45) is 0. The van der Waals surface area contributed by atoms with Crippen molar-refractivity contribution in [2.45, 2.75) is 0 Å². The lowest BCUT2D eigenvalue weighted by Crippen LogP contribution is -2.10. The van der Waals surface area contributed by atoms with E-state index in [1.807, 2.05) is 11.3 Å². The molecule has 0 unspecified atom stereocenters. The quantitative estimate of drug-likeness (QED) is 0.160. The minimum Gasteiger partial charge on any atom is -0.310 e. The Morgan fingerprint density at radius 1 is 0.296 bits per heavy atom. The van der Waals surface area contributed by atoms with Gasteiger partial charge in [0.2, 0.25) is 0 Å². The molecule has 0 atom stereocenters. The van der Waals surface area contributed by atoms with E-state index in [0.29, 0.717) is 0 Å². The number of fused-ring (bicyclic) bond motifs is 4. The fourth-order valence-corrected chi connectivity index (χ4v) is 8.96. The number of benzene rings is 9. The maximum Gasteiger partial charge on any atom is 0.0467 e. The third-order valence-electron chi connectivity index (χ3n) is 10.5. The van der Waals surface area contributed by atoms with E-state index in [0.717, 1.165) is 17.1 Å². The summed E-state index contributed by atoms with van der Waals surface area (Å²) < 4.78 is 2.65. The van der Waals surface area contributed by atoms with Gasteiger partial charge >= 0.3 is 0 Å². The lowest BCUT2D eigenvalue weighted by molar-refractivity contribution is 1.28. The lowest BCUT2D eigenvalue weighted by atomic mass is 9.98. The van der Waals surface area contributed by atoms with Crippen LogP contribution in [0.4, 0.5) is 17.1 Å². The zero-order valence-electron chi connectivity index (χ0n) is 29.6. The summed E-state index contributed by atoms with van der Waals surface area (Å²) in [5, 5.41) is 5.15. The van der Waals surface area contributed by atoms with Crippen LogP contribution in [-0.2, 0) is 0 Å². The number of nitrogens with zero attached hydrogens (tertiary/aromatic N) is 1. The van der Waals surface area contributed by atoms with Crippen LogP contribution in [0.15, 0.2) is 212 Å². The Labute approximate surface area is 319 Å². The molecule has 0 amide bonds. The zero-order valence-corrected chi connectivity index (χ0v) is 30.4. The SMILES string of the molecule is c1ccc(-c2cccc(-c3cccc(N(c4ccc(-c5ccc6ccccc6c5)cc4)c4ccc(-c5cccc6c5sc5ccccc56)cc4)c3)c2)cc1. The van der Waals surface area contributed by atoms with Gasteiger partial charge in [0.25, 0.3) is 0 Å². The van der Waals surface area contributed by atoms with Gasteiger partial charge in [-0.3, -0.25) is 0 Å². The molecule has 1 nitrogen and oxygen atoms in total. The summed E-state index contributed by atoms with van der Waals surface area (Å²) in [6.45, 7) is 0. The number of anilines is 3. The van der Waals surface area contributed by atoms with E-state index in [9.17, 15) is 0 Å². The van der Waals surface area contributed by atoms with Crippen molar-refractivity contribution in [1.82, 2.24) is 0 Å². The normalized spacial score (nSPS) is 11.3. The minimum absolute atomic E-state index is 1.11. The summed E-state index contributed by atoms with van der Waals surface area (Å²) in [5.74, 6) is 0. The Morgan fingerprint density at radius 2 is 0.833 bits per heavy atom. The van der Waals surface area contributed by atoms with Crippen molar-refractivity contribution < 1.29 is 0 Å². The van der Waals surface area contributed by atoms with Gasteiger partial charge in [-0.15, -0.1) is 11.3 Å². The summed E-state index contributed by atoms with van der Waals surface area (Å²) in [7, 11) is 0. The monoisotopic (exact) mass is 705 g/mol. The summed E-state index contributed by atoms with van der Waals surface area (Å²) >= 11 is 1.88. The molecule has 1 aromatic heterocycles. The Balaban J connectivity index is 1.06. The molecular weight excluding hydrogens is 671 g/mol. The van der Waals surface area contributed by atoms with Gasteiger partial charge in [-0.1, -0.05) is 158 Å². The fraction of sp³-hybridized carbons (Fsp3) is 0. The topological polar surface area (TPSA) is 3.24 Å². The highest BCUT2D eigenvalue weighted by Crippen LogP contribution is 2.42. The molecule has 1 heterocycles. The molecule has 10 rings (SSSR count). The first-order valence-corrected chi connectivity index (χ1v) is 19.2. The number of hydrogen-bond donors (Lipinski definition) is 0. The molecule has 0 fully saturated rings. The summed E-state index contributed by atoms with van der Waals surface area (Å²) in [4.78, 5) is 2.37. The number of rotatable bonds is 7. The molecule has 2 heteroatoms.